The molecule has 1 aliphatic heterocycles. The summed E-state index contributed by atoms with van der Waals surface area (Å²) in [5.74, 6) is 0.499. The van der Waals surface area contributed by atoms with Crippen LogP contribution in [0.5, 0.6) is 0 Å². The molecule has 1 heterocycles. The van der Waals surface area contributed by atoms with Gasteiger partial charge in [-0.05, 0) is 49.4 Å². The molecular weight excluding hydrogens is 228 g/mol. The Kier molecular flexibility index (Phi) is 4.20. The van der Waals surface area contributed by atoms with Crippen molar-refractivity contribution in [1.82, 2.24) is 4.90 Å². The van der Waals surface area contributed by atoms with Gasteiger partial charge >= 0.3 is 0 Å². The van der Waals surface area contributed by atoms with Crippen LogP contribution in [0, 0.1) is 5.92 Å². The molecule has 1 aromatic carbocycles. The molecular formula is C14H20N2O2. The Bertz CT molecular complexity index is 401. The van der Waals surface area contributed by atoms with Crippen molar-refractivity contribution in [2.24, 2.45) is 5.92 Å². The second-order valence-electron chi connectivity index (χ2n) is 4.89. The number of amides is 1. The lowest BCUT2D eigenvalue weighted by Gasteiger charge is -2.32. The van der Waals surface area contributed by atoms with E-state index < -0.39 is 0 Å². The summed E-state index contributed by atoms with van der Waals surface area (Å²) in [5, 5.41) is 8.97. The summed E-state index contributed by atoms with van der Waals surface area (Å²) >= 11 is 0. The van der Waals surface area contributed by atoms with Crippen LogP contribution in [-0.4, -0.2) is 35.6 Å². The van der Waals surface area contributed by atoms with Crippen LogP contribution in [0.1, 0.15) is 29.6 Å². The van der Waals surface area contributed by atoms with E-state index in [0.717, 1.165) is 32.4 Å². The Labute approximate surface area is 107 Å². The summed E-state index contributed by atoms with van der Waals surface area (Å²) < 4.78 is 0. The van der Waals surface area contributed by atoms with Crippen LogP contribution in [0.4, 0.5) is 5.69 Å². The monoisotopic (exact) mass is 248 g/mol. The van der Waals surface area contributed by atoms with E-state index >= 15 is 0 Å². The molecule has 2 rings (SSSR count). The first-order chi connectivity index (χ1) is 8.70. The van der Waals surface area contributed by atoms with Crippen LogP contribution >= 0.6 is 0 Å². The largest absolute Gasteiger partial charge is 0.399 e. The Balaban J connectivity index is 2.02. The lowest BCUT2D eigenvalue weighted by molar-refractivity contribution is 0.0653. The van der Waals surface area contributed by atoms with Gasteiger partial charge in [-0.1, -0.05) is 0 Å². The molecule has 1 atom stereocenters. The first kappa shape index (κ1) is 12.9. The van der Waals surface area contributed by atoms with E-state index in [1.165, 1.54) is 0 Å². The predicted molar refractivity (Wildman–Crippen MR) is 71.2 cm³/mol. The lowest BCUT2D eigenvalue weighted by atomic mass is 9.94. The van der Waals surface area contributed by atoms with Gasteiger partial charge in [0.15, 0.2) is 0 Å². The van der Waals surface area contributed by atoms with Crippen LogP contribution in [0.15, 0.2) is 24.3 Å². The summed E-state index contributed by atoms with van der Waals surface area (Å²) in [6, 6.07) is 7.05. The second-order valence-corrected chi connectivity index (χ2v) is 4.89. The van der Waals surface area contributed by atoms with Gasteiger partial charge in [-0.2, -0.15) is 0 Å². The Morgan fingerprint density at radius 1 is 1.39 bits per heavy atom. The minimum absolute atomic E-state index is 0.0673. The topological polar surface area (TPSA) is 66.6 Å². The fraction of sp³-hybridized carbons (Fsp3) is 0.500. The quantitative estimate of drug-likeness (QED) is 0.797. The minimum atomic E-state index is 0.0673. The molecule has 1 saturated heterocycles. The molecule has 0 saturated carbocycles. The molecule has 1 amide bonds. The van der Waals surface area contributed by atoms with Crippen LogP contribution < -0.4 is 5.73 Å². The highest BCUT2D eigenvalue weighted by Gasteiger charge is 2.23. The average molecular weight is 248 g/mol. The van der Waals surface area contributed by atoms with Crippen molar-refractivity contribution in [1.29, 1.82) is 0 Å². The zero-order chi connectivity index (χ0) is 13.0. The van der Waals surface area contributed by atoms with Gasteiger partial charge in [0, 0.05) is 30.9 Å². The molecule has 1 unspecified atom stereocenters. The minimum Gasteiger partial charge on any atom is -0.399 e. The Morgan fingerprint density at radius 2 is 2.11 bits per heavy atom. The van der Waals surface area contributed by atoms with E-state index in [2.05, 4.69) is 0 Å². The second kappa shape index (κ2) is 5.87. The molecule has 4 heteroatoms. The number of nitrogens with two attached hydrogens (primary N) is 1. The van der Waals surface area contributed by atoms with E-state index in [0.29, 0.717) is 17.2 Å². The first-order valence-electron chi connectivity index (χ1n) is 6.46. The van der Waals surface area contributed by atoms with Gasteiger partial charge < -0.3 is 15.7 Å². The number of carbonyl (C=O) groups is 1. The summed E-state index contributed by atoms with van der Waals surface area (Å²) in [7, 11) is 0. The first-order valence-corrected chi connectivity index (χ1v) is 6.46. The molecule has 1 aromatic rings. The molecule has 0 spiro atoms. The van der Waals surface area contributed by atoms with Gasteiger partial charge in [-0.15, -0.1) is 0 Å². The molecule has 18 heavy (non-hydrogen) atoms. The van der Waals surface area contributed by atoms with Crippen LogP contribution in [-0.2, 0) is 0 Å². The normalized spacial score (nSPS) is 19.8. The average Bonchev–Trinajstić information content (AvgIpc) is 2.39. The standard InChI is InChI=1S/C14H20N2O2/c15-13-5-3-12(4-6-13)14(18)16-8-1-2-11(10-16)7-9-17/h3-6,11,17H,1-2,7-10,15H2. The third kappa shape index (κ3) is 3.01. The maximum absolute atomic E-state index is 12.3. The van der Waals surface area contributed by atoms with Gasteiger partial charge in [0.05, 0.1) is 0 Å². The summed E-state index contributed by atoms with van der Waals surface area (Å²) in [6.07, 6.45) is 2.91. The predicted octanol–water partition coefficient (Wildman–Crippen LogP) is 1.50. The van der Waals surface area contributed by atoms with E-state index in [-0.39, 0.29) is 12.5 Å². The van der Waals surface area contributed by atoms with Gasteiger partial charge in [0.25, 0.3) is 5.91 Å². The highest BCUT2D eigenvalue weighted by Crippen LogP contribution is 2.21. The van der Waals surface area contributed by atoms with E-state index in [1.807, 2.05) is 4.90 Å². The van der Waals surface area contributed by atoms with Crippen LogP contribution in [0.3, 0.4) is 0 Å². The third-order valence-corrected chi connectivity index (χ3v) is 3.50. The van der Waals surface area contributed by atoms with E-state index in [9.17, 15) is 4.79 Å². The smallest absolute Gasteiger partial charge is 0.253 e. The van der Waals surface area contributed by atoms with Gasteiger partial charge in [-0.3, -0.25) is 4.79 Å². The third-order valence-electron chi connectivity index (χ3n) is 3.50. The van der Waals surface area contributed by atoms with Crippen LogP contribution in [0.2, 0.25) is 0 Å². The van der Waals surface area contributed by atoms with Crippen molar-refractivity contribution in [3.63, 3.8) is 0 Å². The number of rotatable bonds is 3. The molecule has 0 radical (unpaired) electrons. The number of aliphatic hydroxyl groups is 1. The zero-order valence-corrected chi connectivity index (χ0v) is 10.5. The lowest BCUT2D eigenvalue weighted by Crippen LogP contribution is -2.40. The van der Waals surface area contributed by atoms with E-state index in [1.54, 1.807) is 24.3 Å². The molecule has 0 bridgehead atoms. The molecule has 1 fully saturated rings. The summed E-state index contributed by atoms with van der Waals surface area (Å²) in [5.41, 5.74) is 6.97. The molecule has 0 aliphatic carbocycles. The summed E-state index contributed by atoms with van der Waals surface area (Å²) in [4.78, 5) is 14.2. The SMILES string of the molecule is Nc1ccc(C(=O)N2CCCC(CCO)C2)cc1. The number of benzene rings is 1. The fourth-order valence-corrected chi connectivity index (χ4v) is 2.48. The van der Waals surface area contributed by atoms with E-state index in [4.69, 9.17) is 10.8 Å². The van der Waals surface area contributed by atoms with Crippen molar-refractivity contribution < 1.29 is 9.90 Å². The summed E-state index contributed by atoms with van der Waals surface area (Å²) in [6.45, 7) is 1.77. The molecule has 4 nitrogen and oxygen atoms in total. The molecule has 0 aromatic heterocycles. The molecule has 3 N–H and O–H groups in total. The number of nitrogens with zero attached hydrogens (tertiary/aromatic N) is 1. The van der Waals surface area contributed by atoms with Gasteiger partial charge in [0.2, 0.25) is 0 Å². The number of hydrogen-bond donors (Lipinski definition) is 2. The van der Waals surface area contributed by atoms with Crippen LogP contribution in [0.25, 0.3) is 0 Å². The number of hydrogen-bond acceptors (Lipinski definition) is 3. The number of carbonyl (C=O) groups excluding carboxylic acids is 1. The highest BCUT2D eigenvalue weighted by atomic mass is 16.3. The fourth-order valence-electron chi connectivity index (χ4n) is 2.48. The van der Waals surface area contributed by atoms with Gasteiger partial charge in [0.1, 0.15) is 0 Å². The maximum Gasteiger partial charge on any atom is 0.253 e. The number of anilines is 1. The number of aliphatic hydroxyl groups excluding tert-OH is 1. The Morgan fingerprint density at radius 3 is 2.78 bits per heavy atom. The maximum atomic E-state index is 12.3. The Hall–Kier alpha value is -1.55. The van der Waals surface area contributed by atoms with Crippen molar-refractivity contribution in [2.75, 3.05) is 25.4 Å². The zero-order valence-electron chi connectivity index (χ0n) is 10.5. The highest BCUT2D eigenvalue weighted by molar-refractivity contribution is 5.94. The van der Waals surface area contributed by atoms with Crippen molar-refractivity contribution in [3.05, 3.63) is 29.8 Å². The number of piperidine rings is 1. The van der Waals surface area contributed by atoms with Crippen molar-refractivity contribution in [2.45, 2.75) is 19.3 Å². The van der Waals surface area contributed by atoms with Crippen molar-refractivity contribution in [3.8, 4) is 0 Å². The van der Waals surface area contributed by atoms with Gasteiger partial charge in [-0.25, -0.2) is 0 Å². The molecule has 98 valence electrons. The number of likely N-dealkylation sites (tertiary alicyclic amines) is 1. The van der Waals surface area contributed by atoms with Crippen molar-refractivity contribution >= 4 is 11.6 Å². The number of nitrogen functional groups attached to an aromatic ring is 1. The molecule has 1 aliphatic rings.